The quantitative estimate of drug-likeness (QED) is 0.263. The van der Waals surface area contributed by atoms with E-state index in [1.807, 2.05) is 36.7 Å². The fourth-order valence-corrected chi connectivity index (χ4v) is 10.5. The number of hydrogen-bond acceptors (Lipinski definition) is 11. The van der Waals surface area contributed by atoms with Crippen LogP contribution in [0.15, 0.2) is 48.8 Å². The first-order chi connectivity index (χ1) is 28.1. The van der Waals surface area contributed by atoms with Gasteiger partial charge in [-0.15, -0.1) is 0 Å². The van der Waals surface area contributed by atoms with Gasteiger partial charge in [-0.25, -0.2) is 9.83 Å². The highest BCUT2D eigenvalue weighted by molar-refractivity contribution is 6.33. The van der Waals surface area contributed by atoms with Crippen molar-refractivity contribution in [3.8, 4) is 0 Å². The topological polar surface area (TPSA) is 130 Å². The van der Waals surface area contributed by atoms with Crippen molar-refractivity contribution in [2.45, 2.75) is 76.5 Å². The number of piperidine rings is 3. The second-order valence-corrected chi connectivity index (χ2v) is 17.4. The predicted octanol–water partition coefficient (Wildman–Crippen LogP) is 4.75. The monoisotopic (exact) mass is 804 g/mol. The molecule has 302 valence electrons. The number of imide groups is 2. The molecular weight excluding hydrogens is 756 g/mol. The third-order valence-corrected chi connectivity index (χ3v) is 13.9. The Balaban J connectivity index is 0.720. The number of hydrogen-bond donors (Lipinski definition) is 1. The molecule has 7 heterocycles. The summed E-state index contributed by atoms with van der Waals surface area (Å²) in [4.78, 5) is 77.0. The Labute approximate surface area is 343 Å². The van der Waals surface area contributed by atoms with E-state index >= 15 is 0 Å². The Hall–Kier alpha value is -5.10. The van der Waals surface area contributed by atoms with Crippen molar-refractivity contribution in [2.75, 3.05) is 73.6 Å². The van der Waals surface area contributed by atoms with Gasteiger partial charge in [-0.05, 0) is 81.2 Å². The van der Waals surface area contributed by atoms with E-state index in [0.29, 0.717) is 33.9 Å². The standard InChI is InChI=1S/C43H49ClN10O4/c1-28-23-43(27-53(28)32-4-6-36(45-2)35(44)22-32)11-15-52(16-12-43)38-25-46-29(24-47-38)26-49-13-9-30(10-14-49)50-17-19-51(20-18-50)31-3-5-33-34(21-31)42(58)54(41(33)57)37-7-8-39(55)48-40(37)56/h3-6,21-22,24-25,28,30,37H,7-20,23,26-27H2,1H3,(H,48,55,56)/t28-,37?/m0/s1. The SMILES string of the molecule is [C-]#[N+]c1ccc(N2CC3(CCN(c4cnc(CN5CCC(N6CCN(c7ccc8c(c7)C(=O)N(C7CCC(=O)NC7=O)C8=O)CC6)CC5)cn4)CC3)C[C@@H]2C)cc1Cl. The van der Waals surface area contributed by atoms with E-state index in [4.69, 9.17) is 28.1 Å². The van der Waals surface area contributed by atoms with Gasteiger partial charge in [0.2, 0.25) is 17.5 Å². The minimum atomic E-state index is -0.963. The minimum absolute atomic E-state index is 0.101. The molecule has 0 aliphatic carbocycles. The molecule has 1 N–H and O–H groups in total. The maximum absolute atomic E-state index is 13.4. The first-order valence-corrected chi connectivity index (χ1v) is 21.0. The number of aromatic nitrogens is 2. The number of nitrogens with one attached hydrogen (secondary N) is 1. The van der Waals surface area contributed by atoms with E-state index in [2.05, 4.69) is 41.6 Å². The van der Waals surface area contributed by atoms with Gasteiger partial charge >= 0.3 is 0 Å². The Morgan fingerprint density at radius 3 is 2.28 bits per heavy atom. The van der Waals surface area contributed by atoms with Gasteiger partial charge in [0.05, 0.1) is 35.8 Å². The number of piperazine rings is 1. The summed E-state index contributed by atoms with van der Waals surface area (Å²) in [7, 11) is 0. The number of rotatable bonds is 7. The van der Waals surface area contributed by atoms with E-state index < -0.39 is 23.8 Å². The number of likely N-dealkylation sites (tertiary alicyclic amines) is 1. The number of amides is 4. The molecule has 3 aromatic rings. The molecule has 2 atom stereocenters. The highest BCUT2D eigenvalue weighted by atomic mass is 35.5. The van der Waals surface area contributed by atoms with Crippen LogP contribution in [0.4, 0.5) is 22.9 Å². The molecule has 5 saturated heterocycles. The van der Waals surface area contributed by atoms with Crippen LogP contribution in [0.3, 0.4) is 0 Å². The molecule has 1 unspecified atom stereocenters. The number of nitrogens with zero attached hydrogens (tertiary/aromatic N) is 9. The summed E-state index contributed by atoms with van der Waals surface area (Å²) in [5.74, 6) is -0.978. The van der Waals surface area contributed by atoms with E-state index in [1.54, 1.807) is 12.1 Å². The fraction of sp³-hybridized carbons (Fsp3) is 0.512. The van der Waals surface area contributed by atoms with Gasteiger partial charge in [0.25, 0.3) is 11.8 Å². The van der Waals surface area contributed by atoms with Crippen LogP contribution in [0.5, 0.6) is 0 Å². The zero-order chi connectivity index (χ0) is 40.1. The van der Waals surface area contributed by atoms with Gasteiger partial charge < -0.3 is 14.7 Å². The minimum Gasteiger partial charge on any atom is -0.369 e. The second-order valence-electron chi connectivity index (χ2n) is 17.0. The third kappa shape index (κ3) is 7.28. The number of halogens is 1. The van der Waals surface area contributed by atoms with Crippen molar-refractivity contribution < 1.29 is 19.2 Å². The molecule has 1 spiro atoms. The van der Waals surface area contributed by atoms with Crippen molar-refractivity contribution in [1.82, 2.24) is 30.0 Å². The number of anilines is 3. The van der Waals surface area contributed by atoms with Gasteiger partial charge in [-0.1, -0.05) is 17.7 Å². The smallest absolute Gasteiger partial charge is 0.262 e. The van der Waals surface area contributed by atoms with Crippen LogP contribution in [0, 0.1) is 12.0 Å². The summed E-state index contributed by atoms with van der Waals surface area (Å²) in [5, 5.41) is 2.78. The fourth-order valence-electron chi connectivity index (χ4n) is 10.3. The van der Waals surface area contributed by atoms with Crippen LogP contribution >= 0.6 is 11.6 Å². The van der Waals surface area contributed by atoms with Crippen LogP contribution in [-0.4, -0.2) is 125 Å². The van der Waals surface area contributed by atoms with E-state index in [9.17, 15) is 19.2 Å². The van der Waals surface area contributed by atoms with Crippen molar-refractivity contribution >= 4 is 58.1 Å². The first-order valence-electron chi connectivity index (χ1n) is 20.6. The second kappa shape index (κ2) is 15.6. The van der Waals surface area contributed by atoms with Gasteiger partial charge in [-0.3, -0.25) is 44.2 Å². The van der Waals surface area contributed by atoms with Crippen LogP contribution in [-0.2, 0) is 16.1 Å². The molecule has 58 heavy (non-hydrogen) atoms. The zero-order valence-electron chi connectivity index (χ0n) is 32.9. The summed E-state index contributed by atoms with van der Waals surface area (Å²) in [6.07, 6.45) is 9.72. The van der Waals surface area contributed by atoms with Crippen molar-refractivity contribution in [1.29, 1.82) is 0 Å². The number of fused-ring (bicyclic) bond motifs is 1. The molecule has 2 aromatic carbocycles. The van der Waals surface area contributed by atoms with E-state index in [-0.39, 0.29) is 24.2 Å². The number of carbonyl (C=O) groups excluding carboxylic acids is 4. The van der Waals surface area contributed by atoms with Crippen LogP contribution in [0.1, 0.15) is 78.3 Å². The molecule has 0 saturated carbocycles. The Morgan fingerprint density at radius 1 is 0.845 bits per heavy atom. The summed E-state index contributed by atoms with van der Waals surface area (Å²) in [5.41, 5.74) is 4.40. The maximum Gasteiger partial charge on any atom is 0.262 e. The molecule has 15 heteroatoms. The molecule has 0 bridgehead atoms. The highest BCUT2D eigenvalue weighted by Crippen LogP contribution is 2.46. The zero-order valence-corrected chi connectivity index (χ0v) is 33.7. The average Bonchev–Trinajstić information content (AvgIpc) is 3.69. The Morgan fingerprint density at radius 2 is 1.59 bits per heavy atom. The Bertz CT molecular complexity index is 2150. The predicted molar refractivity (Wildman–Crippen MR) is 220 cm³/mol. The Kier molecular flexibility index (Phi) is 10.3. The molecule has 5 fully saturated rings. The summed E-state index contributed by atoms with van der Waals surface area (Å²) in [6, 6.07) is 11.2. The lowest BCUT2D eigenvalue weighted by Crippen LogP contribution is -2.54. The molecule has 14 nitrogen and oxygen atoms in total. The molecule has 1 aromatic heterocycles. The van der Waals surface area contributed by atoms with Crippen molar-refractivity contribution in [3.63, 3.8) is 0 Å². The number of benzene rings is 2. The molecule has 9 rings (SSSR count). The van der Waals surface area contributed by atoms with Gasteiger partial charge in [-0.2, -0.15) is 0 Å². The molecule has 4 amide bonds. The van der Waals surface area contributed by atoms with Crippen LogP contribution in [0.2, 0.25) is 5.02 Å². The van der Waals surface area contributed by atoms with Gasteiger partial charge in [0, 0.05) is 100 Å². The van der Waals surface area contributed by atoms with Gasteiger partial charge in [0.15, 0.2) is 0 Å². The summed E-state index contributed by atoms with van der Waals surface area (Å²) in [6.45, 7) is 18.9. The summed E-state index contributed by atoms with van der Waals surface area (Å²) < 4.78 is 0. The first kappa shape index (κ1) is 38.4. The van der Waals surface area contributed by atoms with Crippen molar-refractivity contribution in [2.24, 2.45) is 5.41 Å². The summed E-state index contributed by atoms with van der Waals surface area (Å²) >= 11 is 6.39. The lowest BCUT2D eigenvalue weighted by atomic mass is 9.77. The lowest BCUT2D eigenvalue weighted by Gasteiger charge is -2.43. The van der Waals surface area contributed by atoms with Crippen molar-refractivity contribution in [3.05, 3.63) is 82.1 Å². The van der Waals surface area contributed by atoms with E-state index in [0.717, 1.165) is 125 Å². The lowest BCUT2D eigenvalue weighted by molar-refractivity contribution is -0.136. The van der Waals surface area contributed by atoms with Crippen LogP contribution < -0.4 is 20.0 Å². The molecule has 0 radical (unpaired) electrons. The van der Waals surface area contributed by atoms with Gasteiger partial charge in [0.1, 0.15) is 11.9 Å². The highest BCUT2D eigenvalue weighted by Gasteiger charge is 2.46. The van der Waals surface area contributed by atoms with E-state index in [1.165, 1.54) is 0 Å². The van der Waals surface area contributed by atoms with Crippen LogP contribution in [0.25, 0.3) is 4.85 Å². The number of carbonyl (C=O) groups is 4. The molecule has 6 aliphatic heterocycles. The molecular formula is C43H49ClN10O4. The third-order valence-electron chi connectivity index (χ3n) is 13.6. The average molecular weight is 805 g/mol. The largest absolute Gasteiger partial charge is 0.369 e. The maximum atomic E-state index is 13.4. The normalized spacial score (nSPS) is 24.4. The molecule has 6 aliphatic rings.